The summed E-state index contributed by atoms with van der Waals surface area (Å²) < 4.78 is 44.0. The summed E-state index contributed by atoms with van der Waals surface area (Å²) in [5, 5.41) is 153. The van der Waals surface area contributed by atoms with Crippen LogP contribution < -0.4 is 0 Å². The Hall–Kier alpha value is -0.920. The molecular formula is C27H48O23. The third-order valence-electron chi connectivity index (χ3n) is 8.81. The van der Waals surface area contributed by atoms with Gasteiger partial charge in [0.05, 0.1) is 39.6 Å². The summed E-state index contributed by atoms with van der Waals surface area (Å²) in [6, 6.07) is 0. The molecule has 0 saturated carbocycles. The van der Waals surface area contributed by atoms with Gasteiger partial charge in [0.25, 0.3) is 0 Å². The average Bonchev–Trinajstić information content (AvgIpc) is 3.39. The van der Waals surface area contributed by atoms with Gasteiger partial charge in [0.1, 0.15) is 104 Å². The minimum absolute atomic E-state index is 0.601. The number of aliphatic hydroxyl groups is 15. The zero-order valence-corrected chi connectivity index (χ0v) is 26.3. The molecule has 21 atom stereocenters. The number of rotatable bonds is 15. The first-order valence-corrected chi connectivity index (χ1v) is 15.8. The van der Waals surface area contributed by atoms with E-state index in [0.29, 0.717) is 0 Å². The molecule has 0 radical (unpaired) electrons. The Morgan fingerprint density at radius 2 is 1.00 bits per heavy atom. The second-order valence-electron chi connectivity index (χ2n) is 12.3. The van der Waals surface area contributed by atoms with Crippen LogP contribution >= 0.6 is 0 Å². The van der Waals surface area contributed by atoms with E-state index in [1.807, 2.05) is 0 Å². The minimum atomic E-state index is -2.09. The van der Waals surface area contributed by atoms with Crippen molar-refractivity contribution in [2.24, 2.45) is 0 Å². The molecule has 0 amide bonds. The van der Waals surface area contributed by atoms with E-state index in [2.05, 4.69) is 0 Å². The van der Waals surface area contributed by atoms with E-state index in [1.165, 1.54) is 0 Å². The van der Waals surface area contributed by atoms with Crippen LogP contribution in [-0.2, 0) is 37.9 Å². The minimum Gasteiger partial charge on any atom is -0.394 e. The van der Waals surface area contributed by atoms with Gasteiger partial charge < -0.3 is 114 Å². The molecule has 0 aromatic heterocycles. The summed E-state index contributed by atoms with van der Waals surface area (Å²) in [6.07, 6.45) is -37.1. The molecule has 4 aliphatic rings. The second-order valence-corrected chi connectivity index (χ2v) is 12.3. The molecule has 23 heteroatoms. The fraction of sp³-hybridized carbons (Fsp3) is 1.00. The van der Waals surface area contributed by atoms with Crippen molar-refractivity contribution in [3.63, 3.8) is 0 Å². The molecule has 294 valence electrons. The van der Waals surface area contributed by atoms with Gasteiger partial charge in [0, 0.05) is 0 Å². The highest BCUT2D eigenvalue weighted by Crippen LogP contribution is 2.34. The first kappa shape index (κ1) is 41.8. The van der Waals surface area contributed by atoms with E-state index < -0.39 is 169 Å². The summed E-state index contributed by atoms with van der Waals surface area (Å²) in [6.45, 7) is -4.61. The molecule has 4 fully saturated rings. The summed E-state index contributed by atoms with van der Waals surface area (Å²) in [7, 11) is 0. The number of hydrogen-bond acceptors (Lipinski definition) is 23. The van der Waals surface area contributed by atoms with Crippen LogP contribution in [0.3, 0.4) is 0 Å². The fourth-order valence-electron chi connectivity index (χ4n) is 5.82. The predicted octanol–water partition coefficient (Wildman–Crippen LogP) is -10.4. The average molecular weight is 741 g/mol. The highest BCUT2D eigenvalue weighted by molar-refractivity contribution is 4.97. The van der Waals surface area contributed by atoms with Crippen molar-refractivity contribution >= 4 is 0 Å². The molecule has 4 saturated heterocycles. The highest BCUT2D eigenvalue weighted by Gasteiger charge is 2.55. The molecule has 15 N–H and O–H groups in total. The zero-order valence-electron chi connectivity index (χ0n) is 26.3. The lowest BCUT2D eigenvalue weighted by molar-refractivity contribution is -0.381. The van der Waals surface area contributed by atoms with Crippen molar-refractivity contribution in [1.82, 2.24) is 0 Å². The molecule has 0 bridgehead atoms. The van der Waals surface area contributed by atoms with Gasteiger partial charge in [-0.2, -0.15) is 0 Å². The van der Waals surface area contributed by atoms with Crippen molar-refractivity contribution in [2.45, 2.75) is 129 Å². The van der Waals surface area contributed by atoms with Crippen LogP contribution in [0.15, 0.2) is 0 Å². The molecule has 1 unspecified atom stereocenters. The highest BCUT2D eigenvalue weighted by atomic mass is 16.8. The third kappa shape index (κ3) is 9.05. The van der Waals surface area contributed by atoms with E-state index >= 15 is 0 Å². The van der Waals surface area contributed by atoms with Gasteiger partial charge in [0.2, 0.25) is 0 Å². The quantitative estimate of drug-likeness (QED) is 0.0741. The van der Waals surface area contributed by atoms with Crippen LogP contribution in [0.25, 0.3) is 0 Å². The Labute approximate surface area is 283 Å². The van der Waals surface area contributed by atoms with Crippen LogP contribution in [0.5, 0.6) is 0 Å². The molecule has 4 rings (SSSR count). The van der Waals surface area contributed by atoms with Gasteiger partial charge in [0.15, 0.2) is 25.2 Å². The largest absolute Gasteiger partial charge is 0.394 e. The Morgan fingerprint density at radius 3 is 1.60 bits per heavy atom. The summed E-state index contributed by atoms with van der Waals surface area (Å²) in [5.74, 6) is 0. The van der Waals surface area contributed by atoms with Gasteiger partial charge in [-0.3, -0.25) is 0 Å². The van der Waals surface area contributed by atoms with Crippen molar-refractivity contribution in [3.05, 3.63) is 0 Å². The summed E-state index contributed by atoms with van der Waals surface area (Å²) in [4.78, 5) is 0. The Morgan fingerprint density at radius 1 is 0.460 bits per heavy atom. The van der Waals surface area contributed by atoms with Gasteiger partial charge >= 0.3 is 0 Å². The Bertz CT molecular complexity index is 1010. The zero-order chi connectivity index (χ0) is 37.0. The van der Waals surface area contributed by atoms with Gasteiger partial charge in [-0.05, 0) is 0 Å². The van der Waals surface area contributed by atoms with Gasteiger partial charge in [-0.15, -0.1) is 0 Å². The maximum absolute atomic E-state index is 11.3. The topological polar surface area (TPSA) is 377 Å². The van der Waals surface area contributed by atoms with Crippen molar-refractivity contribution in [3.8, 4) is 0 Å². The fourth-order valence-corrected chi connectivity index (χ4v) is 5.82. The van der Waals surface area contributed by atoms with Crippen molar-refractivity contribution in [2.75, 3.05) is 39.6 Å². The first-order valence-electron chi connectivity index (χ1n) is 15.8. The van der Waals surface area contributed by atoms with E-state index in [1.54, 1.807) is 0 Å². The van der Waals surface area contributed by atoms with E-state index in [-0.39, 0.29) is 0 Å². The second kappa shape index (κ2) is 18.4. The molecule has 0 aromatic carbocycles. The molecular weight excluding hydrogens is 692 g/mol. The molecule has 23 nitrogen and oxygen atoms in total. The normalized spacial score (nSPS) is 48.4. The molecule has 4 heterocycles. The first-order chi connectivity index (χ1) is 23.7. The molecule has 4 aliphatic heterocycles. The maximum Gasteiger partial charge on any atom is 0.187 e. The smallest absolute Gasteiger partial charge is 0.187 e. The summed E-state index contributed by atoms with van der Waals surface area (Å²) in [5.41, 5.74) is 0. The van der Waals surface area contributed by atoms with Crippen LogP contribution in [0, 0.1) is 0 Å². The molecule has 0 aromatic rings. The van der Waals surface area contributed by atoms with Crippen LogP contribution in [-0.4, -0.2) is 245 Å². The van der Waals surface area contributed by atoms with Crippen LogP contribution in [0.1, 0.15) is 0 Å². The molecule has 0 spiro atoms. The summed E-state index contributed by atoms with van der Waals surface area (Å²) >= 11 is 0. The Balaban J connectivity index is 1.58. The van der Waals surface area contributed by atoms with Gasteiger partial charge in [-0.25, -0.2) is 0 Å². The van der Waals surface area contributed by atoms with Crippen LogP contribution in [0.2, 0.25) is 0 Å². The Kier molecular flexibility index (Phi) is 15.4. The van der Waals surface area contributed by atoms with Crippen LogP contribution in [0.4, 0.5) is 0 Å². The lowest BCUT2D eigenvalue weighted by atomic mass is 9.96. The van der Waals surface area contributed by atoms with Crippen molar-refractivity contribution < 1.29 is 114 Å². The lowest BCUT2D eigenvalue weighted by Gasteiger charge is -2.47. The number of hydrogen-bond donors (Lipinski definition) is 15. The third-order valence-corrected chi connectivity index (χ3v) is 8.81. The number of aliphatic hydroxyl groups excluding tert-OH is 15. The standard InChI is InChI=1S/C27H48O23/c28-1-7(32)5-43-27-23(16(38)13(35)10(4-31)46-27)50-26-20(42)22(49-25-19(41)17(39)21(48-25)8(33)2-29)14(36)11(47-26)6-44-24-18(40)15(37)12(34)9(3-30)45-24/h7-42H,1-6H2/t7?,8-,9-,10-,11-,12+,13-,14-,15+,16+,17-,18-,19-,20+,21+,22+,23-,24-,25-,26-,27+/m1/s1. The van der Waals surface area contributed by atoms with Gasteiger partial charge in [-0.1, -0.05) is 0 Å². The van der Waals surface area contributed by atoms with Crippen molar-refractivity contribution in [1.29, 1.82) is 0 Å². The van der Waals surface area contributed by atoms with E-state index in [4.69, 9.17) is 43.0 Å². The van der Waals surface area contributed by atoms with E-state index in [0.717, 1.165) is 0 Å². The van der Waals surface area contributed by atoms with E-state index in [9.17, 15) is 71.5 Å². The SMILES string of the molecule is OCC(O)CO[C@H]1O[C@H](CO)[C@@H](O)[C@H](O)[C@H]1O[C@H]1O[C@H](CO[C@@H]2O[C@H](CO)[C@H](O)[C@H](O)[C@H]2O)[C@@H](O)[C@H](O[C@H]2O[C@@H]([C@H](O)CO)[C@H](O)[C@H]2O)[C@@H]1O. The number of ether oxygens (including phenoxy) is 8. The monoisotopic (exact) mass is 740 g/mol. The predicted molar refractivity (Wildman–Crippen MR) is 151 cm³/mol. The molecule has 0 aliphatic carbocycles. The maximum atomic E-state index is 11.3. The molecule has 50 heavy (non-hydrogen) atoms. The lowest BCUT2D eigenvalue weighted by Crippen LogP contribution is -2.66.